The zero-order valence-electron chi connectivity index (χ0n) is 10.7. The normalized spacial score (nSPS) is 10.3. The third-order valence-corrected chi connectivity index (χ3v) is 2.53. The second-order valence-electron chi connectivity index (χ2n) is 3.98. The Labute approximate surface area is 116 Å². The van der Waals surface area contributed by atoms with E-state index in [1.54, 1.807) is 0 Å². The molecule has 21 heavy (non-hydrogen) atoms. The van der Waals surface area contributed by atoms with E-state index in [0.29, 0.717) is 0 Å². The van der Waals surface area contributed by atoms with E-state index in [1.165, 1.54) is 13.1 Å². The maximum absolute atomic E-state index is 13.1. The average Bonchev–Trinajstić information content (AvgIpc) is 2.44. The minimum atomic E-state index is -1.59. The lowest BCUT2D eigenvalue weighted by atomic mass is 10.2. The van der Waals surface area contributed by atoms with Crippen molar-refractivity contribution in [3.05, 3.63) is 51.8 Å². The maximum Gasteiger partial charge on any atom is 0.276 e. The highest BCUT2D eigenvalue weighted by Gasteiger charge is 2.14. The third-order valence-electron chi connectivity index (χ3n) is 2.53. The van der Waals surface area contributed by atoms with E-state index in [1.807, 2.05) is 0 Å². The van der Waals surface area contributed by atoms with Crippen LogP contribution in [0.4, 0.5) is 36.2 Å². The van der Waals surface area contributed by atoms with E-state index in [-0.39, 0.29) is 23.0 Å². The average molecular weight is 298 g/mol. The minimum absolute atomic E-state index is 0.0149. The molecule has 2 N–H and O–H groups in total. The van der Waals surface area contributed by atoms with Crippen LogP contribution in [0.3, 0.4) is 0 Å². The number of aromatic nitrogens is 1. The van der Waals surface area contributed by atoms with Crippen molar-refractivity contribution in [1.82, 2.24) is 4.98 Å². The minimum Gasteiger partial charge on any atom is -0.373 e. The number of hydrogen-bond acceptors (Lipinski definition) is 5. The summed E-state index contributed by atoms with van der Waals surface area (Å²) in [6.07, 6.45) is 0. The standard InChI is InChI=1S/C12H9F3N4O2/c1-16-10-4-7(19(20)21)5-11(18-10)17-6-2-8(13)12(15)9(14)3-6/h2-5H,1H3,(H2,16,17,18). The Morgan fingerprint density at radius 1 is 1.10 bits per heavy atom. The fraction of sp³-hybridized carbons (Fsp3) is 0.0833. The topological polar surface area (TPSA) is 80.1 Å². The lowest BCUT2D eigenvalue weighted by Gasteiger charge is -2.08. The Morgan fingerprint density at radius 3 is 2.19 bits per heavy atom. The van der Waals surface area contributed by atoms with Gasteiger partial charge in [-0.25, -0.2) is 18.2 Å². The van der Waals surface area contributed by atoms with Gasteiger partial charge in [0.25, 0.3) is 5.69 Å². The van der Waals surface area contributed by atoms with Gasteiger partial charge in [0.05, 0.1) is 17.1 Å². The summed E-state index contributed by atoms with van der Waals surface area (Å²) in [5, 5.41) is 15.9. The SMILES string of the molecule is CNc1cc([N+](=O)[O-])cc(Nc2cc(F)c(F)c(F)c2)n1. The Morgan fingerprint density at radius 2 is 1.67 bits per heavy atom. The molecule has 0 aliphatic rings. The van der Waals surface area contributed by atoms with Gasteiger partial charge in [-0.1, -0.05) is 0 Å². The van der Waals surface area contributed by atoms with Gasteiger partial charge in [-0.05, 0) is 0 Å². The number of rotatable bonds is 4. The van der Waals surface area contributed by atoms with Gasteiger partial charge in [-0.2, -0.15) is 0 Å². The Hall–Kier alpha value is -2.84. The summed E-state index contributed by atoms with van der Waals surface area (Å²) in [6.45, 7) is 0. The fourth-order valence-electron chi connectivity index (χ4n) is 1.59. The first-order chi connectivity index (χ1) is 9.90. The fourth-order valence-corrected chi connectivity index (χ4v) is 1.59. The molecular weight excluding hydrogens is 289 g/mol. The number of benzene rings is 1. The van der Waals surface area contributed by atoms with E-state index < -0.39 is 22.4 Å². The van der Waals surface area contributed by atoms with E-state index in [9.17, 15) is 23.3 Å². The number of nitrogens with zero attached hydrogens (tertiary/aromatic N) is 2. The van der Waals surface area contributed by atoms with Gasteiger partial charge in [-0.15, -0.1) is 0 Å². The van der Waals surface area contributed by atoms with Gasteiger partial charge in [0, 0.05) is 24.9 Å². The van der Waals surface area contributed by atoms with Crippen molar-refractivity contribution in [3.8, 4) is 0 Å². The largest absolute Gasteiger partial charge is 0.373 e. The molecule has 0 saturated carbocycles. The first kappa shape index (κ1) is 14.6. The Kier molecular flexibility index (Phi) is 3.92. The highest BCUT2D eigenvalue weighted by molar-refractivity contribution is 5.62. The van der Waals surface area contributed by atoms with Crippen LogP contribution < -0.4 is 10.6 Å². The van der Waals surface area contributed by atoms with Gasteiger partial charge in [0.2, 0.25) is 0 Å². The van der Waals surface area contributed by atoms with Crippen LogP contribution in [0.25, 0.3) is 0 Å². The van der Waals surface area contributed by atoms with Crippen LogP contribution in [-0.4, -0.2) is 17.0 Å². The predicted molar refractivity (Wildman–Crippen MR) is 70.0 cm³/mol. The molecule has 0 fully saturated rings. The van der Waals surface area contributed by atoms with E-state index >= 15 is 0 Å². The number of hydrogen-bond donors (Lipinski definition) is 2. The molecule has 0 saturated heterocycles. The summed E-state index contributed by atoms with van der Waals surface area (Å²) in [5.74, 6) is -4.18. The monoisotopic (exact) mass is 298 g/mol. The van der Waals surface area contributed by atoms with Crippen molar-refractivity contribution in [2.45, 2.75) is 0 Å². The number of nitrogens with one attached hydrogen (secondary N) is 2. The molecule has 0 spiro atoms. The zero-order chi connectivity index (χ0) is 15.6. The summed E-state index contributed by atoms with van der Waals surface area (Å²) in [7, 11) is 1.51. The quantitative estimate of drug-likeness (QED) is 0.515. The number of nitro groups is 1. The second-order valence-corrected chi connectivity index (χ2v) is 3.98. The van der Waals surface area contributed by atoms with Crippen LogP contribution in [-0.2, 0) is 0 Å². The molecule has 0 bridgehead atoms. The molecule has 110 valence electrons. The number of pyridine rings is 1. The molecule has 2 aromatic rings. The highest BCUT2D eigenvalue weighted by Crippen LogP contribution is 2.25. The molecule has 1 aromatic carbocycles. The molecule has 0 atom stereocenters. The van der Waals surface area contributed by atoms with E-state index in [4.69, 9.17) is 0 Å². The van der Waals surface area contributed by atoms with Crippen LogP contribution in [0.2, 0.25) is 0 Å². The van der Waals surface area contributed by atoms with Crippen molar-refractivity contribution in [2.24, 2.45) is 0 Å². The van der Waals surface area contributed by atoms with Gasteiger partial charge in [-0.3, -0.25) is 10.1 Å². The first-order valence-electron chi connectivity index (χ1n) is 5.66. The lowest BCUT2D eigenvalue weighted by molar-refractivity contribution is -0.384. The van der Waals surface area contributed by atoms with Crippen molar-refractivity contribution in [2.75, 3.05) is 17.7 Å². The predicted octanol–water partition coefficient (Wildman–Crippen LogP) is 3.19. The van der Waals surface area contributed by atoms with Crippen LogP contribution in [0.1, 0.15) is 0 Å². The summed E-state index contributed by atoms with van der Waals surface area (Å²) >= 11 is 0. The van der Waals surface area contributed by atoms with Crippen molar-refractivity contribution < 1.29 is 18.1 Å². The summed E-state index contributed by atoms with van der Waals surface area (Å²) < 4.78 is 39.0. The first-order valence-corrected chi connectivity index (χ1v) is 5.66. The molecule has 1 heterocycles. The second kappa shape index (κ2) is 5.65. The molecule has 6 nitrogen and oxygen atoms in total. The van der Waals surface area contributed by atoms with E-state index in [2.05, 4.69) is 15.6 Å². The summed E-state index contributed by atoms with van der Waals surface area (Å²) in [5.41, 5.74) is -0.388. The van der Waals surface area contributed by atoms with Gasteiger partial charge in [0.15, 0.2) is 17.5 Å². The van der Waals surface area contributed by atoms with Crippen LogP contribution >= 0.6 is 0 Å². The Balaban J connectivity index is 2.39. The van der Waals surface area contributed by atoms with Crippen LogP contribution in [0.15, 0.2) is 24.3 Å². The Bertz CT molecular complexity index is 686. The highest BCUT2D eigenvalue weighted by atomic mass is 19.2. The molecule has 0 unspecified atom stereocenters. The molecule has 9 heteroatoms. The van der Waals surface area contributed by atoms with Crippen LogP contribution in [0.5, 0.6) is 0 Å². The summed E-state index contributed by atoms with van der Waals surface area (Å²) in [4.78, 5) is 14.1. The molecule has 2 rings (SSSR count). The summed E-state index contributed by atoms with van der Waals surface area (Å²) in [6, 6.07) is 3.72. The molecule has 0 amide bonds. The maximum atomic E-state index is 13.1. The van der Waals surface area contributed by atoms with Crippen LogP contribution in [0, 0.1) is 27.6 Å². The number of anilines is 3. The third kappa shape index (κ3) is 3.19. The molecule has 0 aliphatic heterocycles. The molecule has 1 aromatic heterocycles. The molecule has 0 aliphatic carbocycles. The molecule has 0 radical (unpaired) electrons. The van der Waals surface area contributed by atoms with Crippen molar-refractivity contribution in [1.29, 1.82) is 0 Å². The van der Waals surface area contributed by atoms with Crippen molar-refractivity contribution >= 4 is 23.0 Å². The number of halogens is 3. The van der Waals surface area contributed by atoms with Crippen molar-refractivity contribution in [3.63, 3.8) is 0 Å². The lowest BCUT2D eigenvalue weighted by Crippen LogP contribution is -2.01. The molecular formula is C12H9F3N4O2. The van der Waals surface area contributed by atoms with Gasteiger partial charge in [0.1, 0.15) is 11.6 Å². The van der Waals surface area contributed by atoms with E-state index in [0.717, 1.165) is 18.2 Å². The smallest absolute Gasteiger partial charge is 0.276 e. The zero-order valence-corrected chi connectivity index (χ0v) is 10.7. The van der Waals surface area contributed by atoms with Gasteiger partial charge < -0.3 is 10.6 Å². The van der Waals surface area contributed by atoms with Gasteiger partial charge >= 0.3 is 0 Å².